The van der Waals surface area contributed by atoms with Gasteiger partial charge in [-0.3, -0.25) is 4.68 Å². The molecule has 0 spiro atoms. The zero-order valence-electron chi connectivity index (χ0n) is 13.3. The van der Waals surface area contributed by atoms with Gasteiger partial charge in [-0.25, -0.2) is 9.50 Å². The van der Waals surface area contributed by atoms with Gasteiger partial charge in [0.05, 0.1) is 17.4 Å². The van der Waals surface area contributed by atoms with Crippen molar-refractivity contribution in [3.63, 3.8) is 0 Å². The summed E-state index contributed by atoms with van der Waals surface area (Å²) < 4.78 is 3.57. The topological polar surface area (TPSA) is 80.3 Å². The number of fused-ring (bicyclic) bond motifs is 1. The van der Waals surface area contributed by atoms with Crippen LogP contribution >= 0.6 is 11.6 Å². The lowest BCUT2D eigenvalue weighted by Gasteiger charge is -2.08. The van der Waals surface area contributed by atoms with Gasteiger partial charge in [0, 0.05) is 41.8 Å². The summed E-state index contributed by atoms with van der Waals surface area (Å²) in [6, 6.07) is 9.55. The fourth-order valence-corrected chi connectivity index (χ4v) is 2.87. The normalized spacial score (nSPS) is 12.4. The van der Waals surface area contributed by atoms with Crippen molar-refractivity contribution in [2.75, 3.05) is 5.32 Å². The Bertz CT molecular complexity index is 1020. The number of halogens is 1. The Labute approximate surface area is 148 Å². The van der Waals surface area contributed by atoms with Gasteiger partial charge in [-0.15, -0.1) is 0 Å². The van der Waals surface area contributed by atoms with Crippen molar-refractivity contribution in [2.45, 2.75) is 5.69 Å². The van der Waals surface area contributed by atoms with Crippen LogP contribution in [-0.2, 0) is 7.05 Å². The maximum Gasteiger partial charge on any atom is 0.203 e. The molecular formula is C17H15ClN6O. The molecule has 3 aromatic heterocycles. The second-order valence-corrected chi connectivity index (χ2v) is 6.04. The van der Waals surface area contributed by atoms with Crippen LogP contribution in [0.25, 0.3) is 27.9 Å². The number of benzene rings is 1. The highest BCUT2D eigenvalue weighted by Crippen LogP contribution is 2.28. The molecule has 4 rings (SSSR count). The molecule has 4 aromatic rings. The lowest BCUT2D eigenvalue weighted by molar-refractivity contribution is 0.285. The first-order valence-electron chi connectivity index (χ1n) is 7.62. The number of nitrogens with one attached hydrogen (secondary N) is 1. The second-order valence-electron chi connectivity index (χ2n) is 5.63. The average molecular weight is 355 g/mol. The van der Waals surface area contributed by atoms with Crippen LogP contribution in [-0.4, -0.2) is 35.2 Å². The quantitative estimate of drug-likeness (QED) is 0.334. The summed E-state index contributed by atoms with van der Waals surface area (Å²) in [5.41, 5.74) is 4.32. The summed E-state index contributed by atoms with van der Waals surface area (Å²) >= 11 is 5.52. The molecule has 1 aromatic carbocycles. The molecule has 0 saturated heterocycles. The number of nitrogens with zero attached hydrogens (tertiary/aromatic N) is 5. The number of aliphatic hydroxyl groups excluding tert-OH is 1. The van der Waals surface area contributed by atoms with Crippen LogP contribution in [0.1, 0.15) is 0 Å². The van der Waals surface area contributed by atoms with Gasteiger partial charge < -0.3 is 10.4 Å². The molecule has 0 amide bonds. The Morgan fingerprint density at radius 2 is 1.88 bits per heavy atom. The molecule has 8 heteroatoms. The summed E-state index contributed by atoms with van der Waals surface area (Å²) in [5, 5.41) is 20.4. The van der Waals surface area contributed by atoms with E-state index >= 15 is 0 Å². The highest BCUT2D eigenvalue weighted by Gasteiger charge is 2.11. The minimum absolute atomic E-state index is 0.725. The van der Waals surface area contributed by atoms with Gasteiger partial charge in [0.15, 0.2) is 0 Å². The Balaban J connectivity index is 1.75. The molecule has 7 nitrogen and oxygen atoms in total. The van der Waals surface area contributed by atoms with Crippen molar-refractivity contribution < 1.29 is 5.11 Å². The molecule has 0 saturated carbocycles. The molecule has 0 fully saturated rings. The van der Waals surface area contributed by atoms with Crippen molar-refractivity contribution in [3.05, 3.63) is 55.2 Å². The zero-order chi connectivity index (χ0) is 17.4. The lowest BCUT2D eigenvalue weighted by atomic mass is 10.1. The molecule has 126 valence electrons. The van der Waals surface area contributed by atoms with E-state index < -0.39 is 5.69 Å². The van der Waals surface area contributed by atoms with Crippen LogP contribution in [0.15, 0.2) is 55.2 Å². The summed E-state index contributed by atoms with van der Waals surface area (Å²) in [4.78, 5) is 4.43. The Kier molecular flexibility index (Phi) is 3.87. The van der Waals surface area contributed by atoms with Crippen LogP contribution in [0.4, 0.5) is 5.69 Å². The van der Waals surface area contributed by atoms with Crippen LogP contribution in [0.2, 0.25) is 0 Å². The molecule has 25 heavy (non-hydrogen) atoms. The molecule has 0 aliphatic heterocycles. The molecular weight excluding hydrogens is 340 g/mol. The first kappa shape index (κ1) is 15.6. The molecule has 0 bridgehead atoms. The Hall–Kier alpha value is -2.90. The van der Waals surface area contributed by atoms with Gasteiger partial charge in [-0.1, -0.05) is 23.7 Å². The first-order valence-corrected chi connectivity index (χ1v) is 8.05. The number of alkyl halides is 1. The smallest absolute Gasteiger partial charge is 0.203 e. The number of hydrogen-bond donors (Lipinski definition) is 2. The molecule has 0 aliphatic carbocycles. The van der Waals surface area contributed by atoms with E-state index in [1.165, 1.54) is 6.33 Å². The molecule has 1 atom stereocenters. The number of aromatic nitrogens is 5. The lowest BCUT2D eigenvalue weighted by Crippen LogP contribution is -2.09. The fourth-order valence-electron chi connectivity index (χ4n) is 2.74. The van der Waals surface area contributed by atoms with E-state index in [2.05, 4.69) is 20.5 Å². The molecule has 3 heterocycles. The van der Waals surface area contributed by atoms with Gasteiger partial charge >= 0.3 is 0 Å². The van der Waals surface area contributed by atoms with Crippen molar-refractivity contribution in [3.8, 4) is 22.4 Å². The van der Waals surface area contributed by atoms with Crippen molar-refractivity contribution >= 4 is 22.8 Å². The van der Waals surface area contributed by atoms with Crippen molar-refractivity contribution in [1.82, 2.24) is 24.4 Å². The third-order valence-electron chi connectivity index (χ3n) is 3.89. The van der Waals surface area contributed by atoms with E-state index in [0.717, 1.165) is 33.6 Å². The van der Waals surface area contributed by atoms with Gasteiger partial charge in [-0.05, 0) is 18.2 Å². The summed E-state index contributed by atoms with van der Waals surface area (Å²) in [5.74, 6) is 0. The largest absolute Gasteiger partial charge is 0.361 e. The summed E-state index contributed by atoms with van der Waals surface area (Å²) in [6.45, 7) is 0. The van der Waals surface area contributed by atoms with E-state index in [1.54, 1.807) is 9.20 Å². The number of aliphatic hydroxyl groups is 1. The van der Waals surface area contributed by atoms with Crippen LogP contribution in [0.3, 0.4) is 0 Å². The number of rotatable bonds is 4. The molecule has 0 aliphatic rings. The Morgan fingerprint density at radius 1 is 1.08 bits per heavy atom. The summed E-state index contributed by atoms with van der Waals surface area (Å²) in [7, 11) is 1.89. The van der Waals surface area contributed by atoms with E-state index in [1.807, 2.05) is 56.0 Å². The third-order valence-corrected chi connectivity index (χ3v) is 4.00. The van der Waals surface area contributed by atoms with Crippen LogP contribution in [0.5, 0.6) is 0 Å². The number of hydrogen-bond acceptors (Lipinski definition) is 5. The zero-order valence-corrected chi connectivity index (χ0v) is 14.1. The van der Waals surface area contributed by atoms with Gasteiger partial charge in [-0.2, -0.15) is 10.2 Å². The van der Waals surface area contributed by atoms with Gasteiger partial charge in [0.2, 0.25) is 5.69 Å². The number of aryl methyl sites for hydroxylation is 1. The molecule has 2 N–H and O–H groups in total. The maximum absolute atomic E-state index is 9.17. The maximum atomic E-state index is 9.17. The highest BCUT2D eigenvalue weighted by atomic mass is 35.5. The monoisotopic (exact) mass is 354 g/mol. The minimum atomic E-state index is -1.12. The molecule has 0 radical (unpaired) electrons. The number of anilines is 1. The average Bonchev–Trinajstić information content (AvgIpc) is 3.20. The van der Waals surface area contributed by atoms with E-state index in [9.17, 15) is 0 Å². The predicted molar refractivity (Wildman–Crippen MR) is 96.1 cm³/mol. The van der Waals surface area contributed by atoms with Crippen LogP contribution < -0.4 is 5.32 Å². The van der Waals surface area contributed by atoms with E-state index in [-0.39, 0.29) is 0 Å². The fraction of sp³-hybridized carbons (Fsp3) is 0.118. The van der Waals surface area contributed by atoms with E-state index in [4.69, 9.17) is 16.7 Å². The third kappa shape index (κ3) is 3.07. The van der Waals surface area contributed by atoms with Gasteiger partial charge in [0.1, 0.15) is 6.33 Å². The minimum Gasteiger partial charge on any atom is -0.361 e. The predicted octanol–water partition coefficient (Wildman–Crippen LogP) is 2.72. The SMILES string of the molecule is Cn1cc(-c2cc3c(-c4ccc(NC(O)Cl)cc4)ncnn3c2)cn1. The first-order chi connectivity index (χ1) is 12.1. The van der Waals surface area contributed by atoms with Crippen molar-refractivity contribution in [1.29, 1.82) is 0 Å². The van der Waals surface area contributed by atoms with Crippen molar-refractivity contribution in [2.24, 2.45) is 7.05 Å². The van der Waals surface area contributed by atoms with Crippen LogP contribution in [0, 0.1) is 0 Å². The molecule has 1 unspecified atom stereocenters. The highest BCUT2D eigenvalue weighted by molar-refractivity contribution is 6.20. The standard InChI is InChI=1S/C17H15ClN6O/c1-23-8-13(7-20-23)12-6-15-16(19-10-21-24(15)9-12)11-2-4-14(5-3-11)22-17(18)25/h2-10,17,22,25H,1H3. The van der Waals surface area contributed by atoms with E-state index in [0.29, 0.717) is 0 Å². The van der Waals surface area contributed by atoms with Gasteiger partial charge in [0.25, 0.3) is 0 Å². The Morgan fingerprint density at radius 3 is 2.56 bits per heavy atom. The second kappa shape index (κ2) is 6.19. The summed E-state index contributed by atoms with van der Waals surface area (Å²) in [6.07, 6.45) is 7.26.